The fourth-order valence-electron chi connectivity index (χ4n) is 2.94. The molecule has 0 unspecified atom stereocenters. The molecular formula is C17H25NO2. The lowest BCUT2D eigenvalue weighted by Crippen LogP contribution is -2.50. The van der Waals surface area contributed by atoms with Crippen LogP contribution < -0.4 is 5.32 Å². The molecule has 1 aliphatic rings. The summed E-state index contributed by atoms with van der Waals surface area (Å²) < 4.78 is 5.47. The van der Waals surface area contributed by atoms with Crippen LogP contribution in [0.15, 0.2) is 30.3 Å². The highest BCUT2D eigenvalue weighted by molar-refractivity contribution is 5.88. The molecule has 0 aromatic heterocycles. The lowest BCUT2D eigenvalue weighted by atomic mass is 9.73. The Labute approximate surface area is 121 Å². The van der Waals surface area contributed by atoms with Gasteiger partial charge in [0, 0.05) is 19.3 Å². The van der Waals surface area contributed by atoms with Crippen LogP contribution >= 0.6 is 0 Å². The number of hydrogen-bond acceptors (Lipinski definition) is 2. The Kier molecular flexibility index (Phi) is 5.18. The van der Waals surface area contributed by atoms with E-state index in [1.54, 1.807) is 0 Å². The first kappa shape index (κ1) is 15.0. The van der Waals surface area contributed by atoms with Crippen LogP contribution in [-0.4, -0.2) is 25.2 Å². The van der Waals surface area contributed by atoms with Crippen molar-refractivity contribution in [1.82, 2.24) is 5.32 Å². The van der Waals surface area contributed by atoms with Crippen LogP contribution in [-0.2, 0) is 14.9 Å². The van der Waals surface area contributed by atoms with Gasteiger partial charge in [-0.05, 0) is 31.2 Å². The van der Waals surface area contributed by atoms with Crippen molar-refractivity contribution < 1.29 is 9.53 Å². The summed E-state index contributed by atoms with van der Waals surface area (Å²) in [6.07, 6.45) is 3.49. The SMILES string of the molecule is CCC(CC)NC(=O)C1(c2ccccc2)CCOCC1. The van der Waals surface area contributed by atoms with E-state index in [0.717, 1.165) is 31.2 Å². The van der Waals surface area contributed by atoms with Crippen LogP contribution in [0.5, 0.6) is 0 Å². The topological polar surface area (TPSA) is 38.3 Å². The molecule has 0 atom stereocenters. The van der Waals surface area contributed by atoms with Crippen molar-refractivity contribution in [2.45, 2.75) is 51.0 Å². The normalized spacial score (nSPS) is 17.9. The molecule has 1 saturated heterocycles. The van der Waals surface area contributed by atoms with E-state index in [1.807, 2.05) is 18.2 Å². The Bertz CT molecular complexity index is 420. The molecule has 2 rings (SSSR count). The molecule has 1 aromatic rings. The average molecular weight is 275 g/mol. The molecule has 0 bridgehead atoms. The lowest BCUT2D eigenvalue weighted by molar-refractivity contribution is -0.131. The number of nitrogens with one attached hydrogen (secondary N) is 1. The Hall–Kier alpha value is -1.35. The van der Waals surface area contributed by atoms with Gasteiger partial charge in [0.2, 0.25) is 5.91 Å². The van der Waals surface area contributed by atoms with Gasteiger partial charge in [0.15, 0.2) is 0 Å². The Morgan fingerprint density at radius 2 is 1.80 bits per heavy atom. The van der Waals surface area contributed by atoms with Crippen LogP contribution in [0.3, 0.4) is 0 Å². The predicted octanol–water partition coefficient (Wildman–Crippen LogP) is 3.04. The smallest absolute Gasteiger partial charge is 0.231 e. The molecule has 110 valence electrons. The van der Waals surface area contributed by atoms with E-state index in [1.165, 1.54) is 0 Å². The Morgan fingerprint density at radius 1 is 1.20 bits per heavy atom. The number of benzene rings is 1. The third kappa shape index (κ3) is 3.04. The van der Waals surface area contributed by atoms with Gasteiger partial charge in [-0.2, -0.15) is 0 Å². The molecule has 1 aromatic carbocycles. The highest BCUT2D eigenvalue weighted by Crippen LogP contribution is 2.35. The van der Waals surface area contributed by atoms with Crippen LogP contribution in [0.1, 0.15) is 45.1 Å². The average Bonchev–Trinajstić information content (AvgIpc) is 2.53. The summed E-state index contributed by atoms with van der Waals surface area (Å²) in [4.78, 5) is 12.9. The van der Waals surface area contributed by atoms with Crippen molar-refractivity contribution in [1.29, 1.82) is 0 Å². The van der Waals surface area contributed by atoms with E-state index in [0.29, 0.717) is 13.2 Å². The van der Waals surface area contributed by atoms with E-state index < -0.39 is 5.41 Å². The minimum Gasteiger partial charge on any atom is -0.381 e. The molecule has 1 heterocycles. The fourth-order valence-corrected chi connectivity index (χ4v) is 2.94. The highest BCUT2D eigenvalue weighted by Gasteiger charge is 2.41. The Balaban J connectivity index is 2.25. The number of ether oxygens (including phenoxy) is 1. The van der Waals surface area contributed by atoms with Crippen molar-refractivity contribution >= 4 is 5.91 Å². The molecule has 1 fully saturated rings. The van der Waals surface area contributed by atoms with Gasteiger partial charge in [0.05, 0.1) is 5.41 Å². The van der Waals surface area contributed by atoms with Crippen molar-refractivity contribution in [2.75, 3.05) is 13.2 Å². The molecule has 1 N–H and O–H groups in total. The second-order valence-electron chi connectivity index (χ2n) is 5.55. The van der Waals surface area contributed by atoms with Gasteiger partial charge < -0.3 is 10.1 Å². The summed E-state index contributed by atoms with van der Waals surface area (Å²) in [6.45, 7) is 5.55. The van der Waals surface area contributed by atoms with Gasteiger partial charge in [0.1, 0.15) is 0 Å². The summed E-state index contributed by atoms with van der Waals surface area (Å²) in [7, 11) is 0. The third-order valence-corrected chi connectivity index (χ3v) is 4.43. The molecular weight excluding hydrogens is 250 g/mol. The molecule has 0 saturated carbocycles. The maximum atomic E-state index is 12.9. The van der Waals surface area contributed by atoms with Gasteiger partial charge >= 0.3 is 0 Å². The highest BCUT2D eigenvalue weighted by atomic mass is 16.5. The standard InChI is InChI=1S/C17H25NO2/c1-3-15(4-2)18-16(19)17(10-12-20-13-11-17)14-8-6-5-7-9-14/h5-9,15H,3-4,10-13H2,1-2H3,(H,18,19). The van der Waals surface area contributed by atoms with Crippen LogP contribution in [0.25, 0.3) is 0 Å². The summed E-state index contributed by atoms with van der Waals surface area (Å²) in [5, 5.41) is 3.23. The summed E-state index contributed by atoms with van der Waals surface area (Å²) >= 11 is 0. The van der Waals surface area contributed by atoms with E-state index in [2.05, 4.69) is 31.3 Å². The number of hydrogen-bond donors (Lipinski definition) is 1. The first-order chi connectivity index (χ1) is 9.73. The number of rotatable bonds is 5. The van der Waals surface area contributed by atoms with Crippen LogP contribution in [0.2, 0.25) is 0 Å². The third-order valence-electron chi connectivity index (χ3n) is 4.43. The summed E-state index contributed by atoms with van der Waals surface area (Å²) in [5.41, 5.74) is 0.703. The van der Waals surface area contributed by atoms with E-state index in [9.17, 15) is 4.79 Å². The molecule has 0 radical (unpaired) electrons. The first-order valence-electron chi connectivity index (χ1n) is 7.67. The molecule has 0 spiro atoms. The van der Waals surface area contributed by atoms with E-state index in [4.69, 9.17) is 4.74 Å². The van der Waals surface area contributed by atoms with Crippen molar-refractivity contribution in [3.63, 3.8) is 0 Å². The predicted molar refractivity (Wildman–Crippen MR) is 80.7 cm³/mol. The van der Waals surface area contributed by atoms with E-state index in [-0.39, 0.29) is 11.9 Å². The summed E-state index contributed by atoms with van der Waals surface area (Å²) in [5.74, 6) is 0.167. The number of carbonyl (C=O) groups excluding carboxylic acids is 1. The van der Waals surface area contributed by atoms with Gasteiger partial charge in [0.25, 0.3) is 0 Å². The minimum atomic E-state index is -0.415. The molecule has 20 heavy (non-hydrogen) atoms. The second kappa shape index (κ2) is 6.89. The van der Waals surface area contributed by atoms with Crippen LogP contribution in [0, 0.1) is 0 Å². The lowest BCUT2D eigenvalue weighted by Gasteiger charge is -2.37. The van der Waals surface area contributed by atoms with Crippen molar-refractivity contribution in [3.05, 3.63) is 35.9 Å². The van der Waals surface area contributed by atoms with E-state index >= 15 is 0 Å². The van der Waals surface area contributed by atoms with Gasteiger partial charge in [-0.15, -0.1) is 0 Å². The zero-order chi connectivity index (χ0) is 14.4. The number of carbonyl (C=O) groups is 1. The molecule has 3 nitrogen and oxygen atoms in total. The van der Waals surface area contributed by atoms with Crippen molar-refractivity contribution in [3.8, 4) is 0 Å². The maximum absolute atomic E-state index is 12.9. The quantitative estimate of drug-likeness (QED) is 0.897. The zero-order valence-electron chi connectivity index (χ0n) is 12.5. The molecule has 1 amide bonds. The van der Waals surface area contributed by atoms with Gasteiger partial charge in [-0.1, -0.05) is 44.2 Å². The molecule has 3 heteroatoms. The number of amides is 1. The molecule has 1 aliphatic heterocycles. The monoisotopic (exact) mass is 275 g/mol. The maximum Gasteiger partial charge on any atom is 0.231 e. The van der Waals surface area contributed by atoms with Gasteiger partial charge in [-0.25, -0.2) is 0 Å². The largest absolute Gasteiger partial charge is 0.381 e. The summed E-state index contributed by atoms with van der Waals surface area (Å²) in [6, 6.07) is 10.4. The Morgan fingerprint density at radius 3 is 2.35 bits per heavy atom. The van der Waals surface area contributed by atoms with Crippen molar-refractivity contribution in [2.24, 2.45) is 0 Å². The second-order valence-corrected chi connectivity index (χ2v) is 5.55. The zero-order valence-corrected chi connectivity index (χ0v) is 12.5. The van der Waals surface area contributed by atoms with Gasteiger partial charge in [-0.3, -0.25) is 4.79 Å². The molecule has 0 aliphatic carbocycles. The fraction of sp³-hybridized carbons (Fsp3) is 0.588. The first-order valence-corrected chi connectivity index (χ1v) is 7.67. The minimum absolute atomic E-state index is 0.167. The van der Waals surface area contributed by atoms with Crippen LogP contribution in [0.4, 0.5) is 0 Å².